The first-order chi connectivity index (χ1) is 8.67. The fourth-order valence-electron chi connectivity index (χ4n) is 2.44. The molecule has 3 nitrogen and oxygen atoms in total. The minimum Gasteiger partial charge on any atom is -0.380 e. The van der Waals surface area contributed by atoms with Gasteiger partial charge in [0.1, 0.15) is 5.82 Å². The lowest BCUT2D eigenvalue weighted by Crippen LogP contribution is -2.34. The van der Waals surface area contributed by atoms with Gasteiger partial charge in [-0.15, -0.1) is 0 Å². The predicted molar refractivity (Wildman–Crippen MR) is 69.9 cm³/mol. The van der Waals surface area contributed by atoms with Crippen molar-refractivity contribution in [2.75, 3.05) is 27.2 Å². The summed E-state index contributed by atoms with van der Waals surface area (Å²) >= 11 is 0. The minimum atomic E-state index is -0.179. The van der Waals surface area contributed by atoms with Crippen molar-refractivity contribution < 1.29 is 9.13 Å². The number of hydrogen-bond donors (Lipinski definition) is 1. The number of nitrogens with zero attached hydrogens (tertiary/aromatic N) is 1. The van der Waals surface area contributed by atoms with Gasteiger partial charge in [-0.1, -0.05) is 12.1 Å². The number of methoxy groups -OCH3 is 1. The molecule has 1 saturated heterocycles. The first-order valence-corrected chi connectivity index (χ1v) is 6.36. The monoisotopic (exact) mass is 252 g/mol. The molecule has 4 heteroatoms. The lowest BCUT2D eigenvalue weighted by atomic mass is 10.1. The third-order valence-electron chi connectivity index (χ3n) is 3.41. The van der Waals surface area contributed by atoms with Gasteiger partial charge in [-0.2, -0.15) is 0 Å². The van der Waals surface area contributed by atoms with Gasteiger partial charge in [0.25, 0.3) is 0 Å². The first kappa shape index (κ1) is 13.5. The summed E-state index contributed by atoms with van der Waals surface area (Å²) in [7, 11) is 3.85. The summed E-state index contributed by atoms with van der Waals surface area (Å²) in [6.07, 6.45) is 1.40. The van der Waals surface area contributed by atoms with Crippen LogP contribution in [0.1, 0.15) is 12.0 Å². The second-order valence-electron chi connectivity index (χ2n) is 5.02. The molecule has 18 heavy (non-hydrogen) atoms. The van der Waals surface area contributed by atoms with Crippen molar-refractivity contribution in [3.63, 3.8) is 0 Å². The molecule has 0 saturated carbocycles. The molecule has 1 aliphatic heterocycles. The number of ether oxygens (including phenoxy) is 1. The molecule has 0 amide bonds. The van der Waals surface area contributed by atoms with Crippen molar-refractivity contribution >= 4 is 0 Å². The quantitative estimate of drug-likeness (QED) is 0.862. The Morgan fingerprint density at radius 3 is 2.72 bits per heavy atom. The fraction of sp³-hybridized carbons (Fsp3) is 0.571. The highest BCUT2D eigenvalue weighted by molar-refractivity contribution is 5.15. The third-order valence-corrected chi connectivity index (χ3v) is 3.41. The molecule has 0 spiro atoms. The molecule has 0 radical (unpaired) electrons. The van der Waals surface area contributed by atoms with E-state index in [1.807, 2.05) is 12.1 Å². The minimum absolute atomic E-state index is 0.179. The average Bonchev–Trinajstić information content (AvgIpc) is 2.79. The Hall–Kier alpha value is -0.970. The van der Waals surface area contributed by atoms with E-state index in [4.69, 9.17) is 4.74 Å². The second-order valence-corrected chi connectivity index (χ2v) is 5.02. The predicted octanol–water partition coefficient (Wildman–Crippen LogP) is 1.63. The van der Waals surface area contributed by atoms with E-state index in [1.165, 1.54) is 12.1 Å². The maximum atomic E-state index is 12.8. The molecule has 0 aromatic heterocycles. The van der Waals surface area contributed by atoms with Gasteiger partial charge < -0.3 is 15.0 Å². The van der Waals surface area contributed by atoms with Gasteiger partial charge in [0, 0.05) is 32.8 Å². The van der Waals surface area contributed by atoms with Crippen molar-refractivity contribution in [3.05, 3.63) is 35.6 Å². The Bertz CT molecular complexity index is 369. The third kappa shape index (κ3) is 3.77. The van der Waals surface area contributed by atoms with E-state index in [0.717, 1.165) is 31.6 Å². The molecule has 100 valence electrons. The number of hydrogen-bond acceptors (Lipinski definition) is 3. The van der Waals surface area contributed by atoms with E-state index in [9.17, 15) is 4.39 Å². The molecular formula is C14H21FN2O. The van der Waals surface area contributed by atoms with Gasteiger partial charge >= 0.3 is 0 Å². The first-order valence-electron chi connectivity index (χ1n) is 6.36. The number of rotatable bonds is 5. The lowest BCUT2D eigenvalue weighted by Gasteiger charge is -2.21. The molecule has 1 aromatic carbocycles. The Balaban J connectivity index is 1.78. The summed E-state index contributed by atoms with van der Waals surface area (Å²) in [6, 6.07) is 7.19. The van der Waals surface area contributed by atoms with E-state index < -0.39 is 0 Å². The Labute approximate surface area is 108 Å². The van der Waals surface area contributed by atoms with Gasteiger partial charge in [0.15, 0.2) is 0 Å². The maximum absolute atomic E-state index is 12.8. The smallest absolute Gasteiger partial charge is 0.123 e. The van der Waals surface area contributed by atoms with Crippen molar-refractivity contribution in [1.82, 2.24) is 10.2 Å². The SMILES string of the molecule is COC1CNC(CN(C)Cc2ccc(F)cc2)C1. The average molecular weight is 252 g/mol. The topological polar surface area (TPSA) is 24.5 Å². The van der Waals surface area contributed by atoms with E-state index in [2.05, 4.69) is 17.3 Å². The van der Waals surface area contributed by atoms with Crippen LogP contribution in [0.2, 0.25) is 0 Å². The van der Waals surface area contributed by atoms with E-state index in [0.29, 0.717) is 12.1 Å². The molecule has 1 N–H and O–H groups in total. The lowest BCUT2D eigenvalue weighted by molar-refractivity contribution is 0.116. The van der Waals surface area contributed by atoms with Gasteiger partial charge in [0.2, 0.25) is 0 Å². The number of likely N-dealkylation sites (N-methyl/N-ethyl adjacent to an activating group) is 1. The molecule has 0 bridgehead atoms. The standard InChI is InChI=1S/C14H21FN2O/c1-17(9-11-3-5-12(15)6-4-11)10-13-7-14(18-2)8-16-13/h3-6,13-14,16H,7-10H2,1-2H3. The molecule has 1 aromatic rings. The van der Waals surface area contributed by atoms with Crippen molar-refractivity contribution in [3.8, 4) is 0 Å². The summed E-state index contributed by atoms with van der Waals surface area (Å²) in [5, 5.41) is 3.46. The summed E-state index contributed by atoms with van der Waals surface area (Å²) in [4.78, 5) is 2.25. The molecule has 1 aliphatic rings. The van der Waals surface area contributed by atoms with Crippen molar-refractivity contribution in [1.29, 1.82) is 0 Å². The number of benzene rings is 1. The van der Waals surface area contributed by atoms with Crippen LogP contribution < -0.4 is 5.32 Å². The van der Waals surface area contributed by atoms with Crippen LogP contribution in [0.4, 0.5) is 4.39 Å². The van der Waals surface area contributed by atoms with Gasteiger partial charge in [0.05, 0.1) is 6.10 Å². The molecule has 2 rings (SSSR count). The largest absolute Gasteiger partial charge is 0.380 e. The van der Waals surface area contributed by atoms with E-state index in [1.54, 1.807) is 7.11 Å². The van der Waals surface area contributed by atoms with Crippen LogP contribution in [0.15, 0.2) is 24.3 Å². The van der Waals surface area contributed by atoms with Gasteiger partial charge in [-0.05, 0) is 31.2 Å². The molecule has 2 atom stereocenters. The maximum Gasteiger partial charge on any atom is 0.123 e. The highest BCUT2D eigenvalue weighted by atomic mass is 19.1. The molecule has 1 fully saturated rings. The highest BCUT2D eigenvalue weighted by Crippen LogP contribution is 2.12. The molecular weight excluding hydrogens is 231 g/mol. The van der Waals surface area contributed by atoms with Crippen LogP contribution in [0.5, 0.6) is 0 Å². The van der Waals surface area contributed by atoms with Gasteiger partial charge in [-0.25, -0.2) is 4.39 Å². The van der Waals surface area contributed by atoms with Crippen LogP contribution in [0.3, 0.4) is 0 Å². The van der Waals surface area contributed by atoms with Crippen LogP contribution >= 0.6 is 0 Å². The highest BCUT2D eigenvalue weighted by Gasteiger charge is 2.24. The summed E-state index contributed by atoms with van der Waals surface area (Å²) in [5.74, 6) is -0.179. The zero-order valence-electron chi connectivity index (χ0n) is 11.0. The Morgan fingerprint density at radius 2 is 2.11 bits per heavy atom. The summed E-state index contributed by atoms with van der Waals surface area (Å²) in [6.45, 7) is 2.76. The molecule has 1 heterocycles. The van der Waals surface area contributed by atoms with Crippen LogP contribution in [0.25, 0.3) is 0 Å². The number of halogens is 1. The fourth-order valence-corrected chi connectivity index (χ4v) is 2.44. The normalized spacial score (nSPS) is 23.8. The summed E-state index contributed by atoms with van der Waals surface area (Å²) in [5.41, 5.74) is 1.14. The van der Waals surface area contributed by atoms with Crippen LogP contribution in [0, 0.1) is 5.82 Å². The van der Waals surface area contributed by atoms with Gasteiger partial charge in [-0.3, -0.25) is 0 Å². The Morgan fingerprint density at radius 1 is 1.39 bits per heavy atom. The van der Waals surface area contributed by atoms with Crippen LogP contribution in [-0.2, 0) is 11.3 Å². The van der Waals surface area contributed by atoms with Crippen LogP contribution in [-0.4, -0.2) is 44.3 Å². The summed E-state index contributed by atoms with van der Waals surface area (Å²) < 4.78 is 18.1. The molecule has 0 aliphatic carbocycles. The second kappa shape index (κ2) is 6.27. The van der Waals surface area contributed by atoms with E-state index >= 15 is 0 Å². The zero-order chi connectivity index (χ0) is 13.0. The van der Waals surface area contributed by atoms with Crippen molar-refractivity contribution in [2.24, 2.45) is 0 Å². The molecule has 2 unspecified atom stereocenters. The number of nitrogens with one attached hydrogen (secondary N) is 1. The zero-order valence-corrected chi connectivity index (χ0v) is 11.0. The van der Waals surface area contributed by atoms with E-state index in [-0.39, 0.29) is 5.82 Å². The Kier molecular flexibility index (Phi) is 4.69. The van der Waals surface area contributed by atoms with Crippen molar-refractivity contribution in [2.45, 2.75) is 25.1 Å².